The number of sulfonamides is 1. The number of hydrogen-bond donors (Lipinski definition) is 2. The monoisotopic (exact) mass is 645 g/mol. The smallest absolute Gasteiger partial charge is 0.406 e. The van der Waals surface area contributed by atoms with E-state index in [1.54, 1.807) is 0 Å². The highest BCUT2D eigenvalue weighted by Crippen LogP contribution is 2.31. The predicted molar refractivity (Wildman–Crippen MR) is 151 cm³/mol. The van der Waals surface area contributed by atoms with Gasteiger partial charge in [0.05, 0.1) is 17.7 Å². The molecule has 1 aliphatic heterocycles. The van der Waals surface area contributed by atoms with Crippen molar-refractivity contribution in [2.24, 2.45) is 4.99 Å². The Balaban J connectivity index is 1.83. The van der Waals surface area contributed by atoms with Crippen molar-refractivity contribution in [3.05, 3.63) is 71.9 Å². The van der Waals surface area contributed by atoms with E-state index in [-0.39, 0.29) is 38.2 Å². The fourth-order valence-corrected chi connectivity index (χ4v) is 5.89. The van der Waals surface area contributed by atoms with Gasteiger partial charge in [0.15, 0.2) is 0 Å². The largest absolute Gasteiger partial charge is 0.573 e. The van der Waals surface area contributed by atoms with Gasteiger partial charge in [0.25, 0.3) is 5.92 Å². The number of ether oxygens (including phenoxy) is 1. The molecule has 16 heteroatoms. The van der Waals surface area contributed by atoms with Crippen LogP contribution in [0.3, 0.4) is 0 Å². The molecule has 1 fully saturated rings. The van der Waals surface area contributed by atoms with Crippen LogP contribution in [0.25, 0.3) is 0 Å². The molecule has 1 aliphatic rings. The van der Waals surface area contributed by atoms with Gasteiger partial charge in [-0.3, -0.25) is 14.6 Å². The maximum atomic E-state index is 14.0. The van der Waals surface area contributed by atoms with Crippen LogP contribution in [-0.2, 0) is 32.1 Å². The van der Waals surface area contributed by atoms with Gasteiger partial charge in [-0.1, -0.05) is 37.8 Å². The average Bonchev–Trinajstić information content (AvgIpc) is 2.98. The maximum Gasteiger partial charge on any atom is 0.573 e. The lowest BCUT2D eigenvalue weighted by Crippen LogP contribution is -2.61. The van der Waals surface area contributed by atoms with E-state index in [4.69, 9.17) is 0 Å². The van der Waals surface area contributed by atoms with Crippen molar-refractivity contribution >= 4 is 28.2 Å². The van der Waals surface area contributed by atoms with Crippen molar-refractivity contribution in [1.82, 2.24) is 19.8 Å². The SMILES string of the molecule is C=C(CC(=O)N1CCN(S(=O)(=O)c2ccc(OC(F)(F)F)cc2)[C@@H](C(=O)NCc2ccc(C(F)(F)CC)cc2)C1)NC=NC. The molecule has 10 nitrogen and oxygen atoms in total. The Morgan fingerprint density at radius 3 is 2.27 bits per heavy atom. The molecule has 1 heterocycles. The number of hydrogen-bond acceptors (Lipinski definition) is 6. The van der Waals surface area contributed by atoms with E-state index in [0.717, 1.165) is 28.6 Å². The van der Waals surface area contributed by atoms with Crippen molar-refractivity contribution in [2.75, 3.05) is 26.7 Å². The van der Waals surface area contributed by atoms with Gasteiger partial charge in [0, 0.05) is 50.9 Å². The Morgan fingerprint density at radius 2 is 1.70 bits per heavy atom. The van der Waals surface area contributed by atoms with Crippen LogP contribution < -0.4 is 15.4 Å². The molecular weight excluding hydrogens is 613 g/mol. The zero-order valence-electron chi connectivity index (χ0n) is 23.9. The van der Waals surface area contributed by atoms with E-state index in [9.17, 15) is 40.0 Å². The summed E-state index contributed by atoms with van der Waals surface area (Å²) >= 11 is 0. The second-order valence-corrected chi connectivity index (χ2v) is 11.7. The van der Waals surface area contributed by atoms with Crippen molar-refractivity contribution in [3.8, 4) is 5.75 Å². The van der Waals surface area contributed by atoms with Crippen LogP contribution in [0, 0.1) is 0 Å². The zero-order valence-corrected chi connectivity index (χ0v) is 24.7. The Kier molecular flexibility index (Phi) is 11.1. The Bertz CT molecular complexity index is 1470. The zero-order chi connectivity index (χ0) is 32.7. The summed E-state index contributed by atoms with van der Waals surface area (Å²) in [4.78, 5) is 31.0. The third-order valence-electron chi connectivity index (χ3n) is 6.70. The molecule has 2 amide bonds. The summed E-state index contributed by atoms with van der Waals surface area (Å²) in [5.74, 6) is -4.87. The van der Waals surface area contributed by atoms with Gasteiger partial charge in [0.1, 0.15) is 11.8 Å². The normalized spacial score (nSPS) is 16.5. The van der Waals surface area contributed by atoms with Crippen molar-refractivity contribution < 1.29 is 44.7 Å². The molecule has 0 spiro atoms. The number of nitrogens with one attached hydrogen (secondary N) is 2. The fraction of sp³-hybridized carbons (Fsp3) is 0.393. The number of halogens is 5. The third-order valence-corrected chi connectivity index (χ3v) is 8.62. The third kappa shape index (κ3) is 8.98. The first-order valence-corrected chi connectivity index (χ1v) is 14.8. The quantitative estimate of drug-likeness (QED) is 0.206. The van der Waals surface area contributed by atoms with Crippen LogP contribution >= 0.6 is 0 Å². The number of piperazine rings is 1. The van der Waals surface area contributed by atoms with E-state index in [1.165, 1.54) is 49.5 Å². The van der Waals surface area contributed by atoms with E-state index < -0.39 is 57.2 Å². The van der Waals surface area contributed by atoms with Gasteiger partial charge >= 0.3 is 6.36 Å². The van der Waals surface area contributed by atoms with Crippen LogP contribution in [0.15, 0.2) is 70.7 Å². The first kappa shape index (κ1) is 34.4. The van der Waals surface area contributed by atoms with Crippen molar-refractivity contribution in [1.29, 1.82) is 0 Å². The van der Waals surface area contributed by atoms with E-state index in [0.29, 0.717) is 11.3 Å². The minimum absolute atomic E-state index is 0.0840. The number of carbonyl (C=O) groups is 2. The highest BCUT2D eigenvalue weighted by atomic mass is 32.2. The molecule has 0 unspecified atom stereocenters. The second kappa shape index (κ2) is 14.2. The van der Waals surface area contributed by atoms with Gasteiger partial charge in [-0.2, -0.15) is 4.31 Å². The fourth-order valence-electron chi connectivity index (χ4n) is 4.32. The lowest BCUT2D eigenvalue weighted by molar-refractivity contribution is -0.274. The van der Waals surface area contributed by atoms with E-state index in [1.807, 2.05) is 0 Å². The summed E-state index contributed by atoms with van der Waals surface area (Å²) in [5, 5.41) is 5.31. The summed E-state index contributed by atoms with van der Waals surface area (Å²) in [7, 11) is -2.93. The lowest BCUT2D eigenvalue weighted by atomic mass is 10.0. The van der Waals surface area contributed by atoms with Crippen LogP contribution in [0.4, 0.5) is 22.0 Å². The van der Waals surface area contributed by atoms with E-state index in [2.05, 4.69) is 26.9 Å². The number of rotatable bonds is 12. The van der Waals surface area contributed by atoms with E-state index >= 15 is 0 Å². The number of amides is 2. The molecular formula is C28H32F5N5O5S. The molecule has 2 aromatic carbocycles. The Morgan fingerprint density at radius 1 is 1.07 bits per heavy atom. The van der Waals surface area contributed by atoms with Gasteiger partial charge in [-0.25, -0.2) is 17.2 Å². The van der Waals surface area contributed by atoms with Crippen LogP contribution in [-0.4, -0.2) is 74.9 Å². The molecule has 0 aliphatic carbocycles. The summed E-state index contributed by atoms with van der Waals surface area (Å²) in [6.07, 6.45) is -4.20. The molecule has 0 radical (unpaired) electrons. The first-order valence-electron chi connectivity index (χ1n) is 13.3. The van der Waals surface area contributed by atoms with Crippen molar-refractivity contribution in [2.45, 2.75) is 49.5 Å². The molecule has 0 bridgehead atoms. The minimum Gasteiger partial charge on any atom is -0.406 e. The number of aliphatic imine (C=N–C) groups is 1. The molecule has 44 heavy (non-hydrogen) atoms. The second-order valence-electron chi connectivity index (χ2n) is 9.78. The molecule has 2 N–H and O–H groups in total. The van der Waals surface area contributed by atoms with Crippen LogP contribution in [0.5, 0.6) is 5.75 Å². The minimum atomic E-state index is -4.98. The molecule has 1 saturated heterocycles. The van der Waals surface area contributed by atoms with Crippen LogP contribution in [0.1, 0.15) is 30.9 Å². The summed E-state index contributed by atoms with van der Waals surface area (Å²) in [5.41, 5.74) is 0.587. The molecule has 0 aromatic heterocycles. The molecule has 2 aromatic rings. The number of benzene rings is 2. The standard InChI is InChI=1S/C28H32F5N5O5S/c1-4-27(29,30)21-7-5-20(6-8-21)16-35-26(40)24-17-37(25(39)15-19(2)36-18-34-3)13-14-38(24)44(41,42)23-11-9-22(10-12-23)43-28(31,32)33/h5-12,18,24H,2,4,13-17H2,1,3H3,(H,34,36)(H,35,40)/t24-/m1/s1. The van der Waals surface area contributed by atoms with Crippen LogP contribution in [0.2, 0.25) is 0 Å². The average molecular weight is 646 g/mol. The highest BCUT2D eigenvalue weighted by Gasteiger charge is 2.41. The lowest BCUT2D eigenvalue weighted by Gasteiger charge is -2.39. The molecule has 0 saturated carbocycles. The Hall–Kier alpha value is -4.05. The number of carbonyl (C=O) groups excluding carboxylic acids is 2. The summed E-state index contributed by atoms with van der Waals surface area (Å²) < 4.78 is 97.4. The molecule has 1 atom stereocenters. The number of nitrogens with zero attached hydrogens (tertiary/aromatic N) is 3. The van der Waals surface area contributed by atoms with Gasteiger partial charge in [0.2, 0.25) is 21.8 Å². The van der Waals surface area contributed by atoms with Gasteiger partial charge in [-0.15, -0.1) is 13.2 Å². The first-order chi connectivity index (χ1) is 20.6. The highest BCUT2D eigenvalue weighted by molar-refractivity contribution is 7.89. The molecule has 240 valence electrons. The summed E-state index contributed by atoms with van der Waals surface area (Å²) in [6.45, 7) is 4.23. The molecule has 3 rings (SSSR count). The predicted octanol–water partition coefficient (Wildman–Crippen LogP) is 3.76. The number of alkyl halides is 5. The van der Waals surface area contributed by atoms with Gasteiger partial charge < -0.3 is 20.3 Å². The summed E-state index contributed by atoms with van der Waals surface area (Å²) in [6, 6.07) is 7.37. The van der Waals surface area contributed by atoms with Crippen molar-refractivity contribution in [3.63, 3.8) is 0 Å². The Labute approximate surface area is 251 Å². The van der Waals surface area contributed by atoms with Gasteiger partial charge in [-0.05, 0) is 29.8 Å². The topological polar surface area (TPSA) is 120 Å². The maximum absolute atomic E-state index is 14.0.